The molecule has 5 nitrogen and oxygen atoms in total. The largest absolute Gasteiger partial charge is 0.368 e. The maximum atomic E-state index is 13.2. The van der Waals surface area contributed by atoms with E-state index < -0.39 is 0 Å². The summed E-state index contributed by atoms with van der Waals surface area (Å²) < 4.78 is 10.8. The van der Waals surface area contributed by atoms with E-state index in [1.54, 1.807) is 13.0 Å². The van der Waals surface area contributed by atoms with Crippen molar-refractivity contribution in [2.75, 3.05) is 26.3 Å². The summed E-state index contributed by atoms with van der Waals surface area (Å²) in [7, 11) is 0. The topological polar surface area (TPSA) is 55.6 Å². The molecule has 2 aromatic rings. The summed E-state index contributed by atoms with van der Waals surface area (Å²) in [6.45, 7) is 3.95. The highest BCUT2D eigenvalue weighted by atomic mass is 35.5. The zero-order chi connectivity index (χ0) is 18.5. The first kappa shape index (κ1) is 18.5. The van der Waals surface area contributed by atoms with E-state index in [1.165, 1.54) is 0 Å². The van der Waals surface area contributed by atoms with Crippen molar-refractivity contribution in [2.24, 2.45) is 5.92 Å². The van der Waals surface area contributed by atoms with Gasteiger partial charge in [0.2, 0.25) is 0 Å². The number of piperidine rings is 1. The second-order valence-electron chi connectivity index (χ2n) is 6.42. The number of hydrogen-bond donors (Lipinski definition) is 0. The van der Waals surface area contributed by atoms with E-state index in [0.717, 1.165) is 12.8 Å². The maximum absolute atomic E-state index is 13.2. The lowest BCUT2D eigenvalue weighted by Crippen LogP contribution is -2.41. The van der Waals surface area contributed by atoms with Crippen LogP contribution in [-0.2, 0) is 4.74 Å². The summed E-state index contributed by atoms with van der Waals surface area (Å²) in [6, 6.07) is 7.31. The van der Waals surface area contributed by atoms with Gasteiger partial charge >= 0.3 is 0 Å². The van der Waals surface area contributed by atoms with Gasteiger partial charge in [0.1, 0.15) is 23.6 Å². The molecule has 1 unspecified atom stereocenters. The molecule has 1 aromatic heterocycles. The molecule has 0 N–H and O–H groups in total. The molecule has 1 aliphatic heterocycles. The van der Waals surface area contributed by atoms with Crippen LogP contribution in [0.25, 0.3) is 11.3 Å². The van der Waals surface area contributed by atoms with Crippen molar-refractivity contribution in [3.63, 3.8) is 0 Å². The fourth-order valence-corrected chi connectivity index (χ4v) is 3.51. The monoisotopic (exact) mass is 372 g/mol. The highest BCUT2D eigenvalue weighted by Crippen LogP contribution is 2.32. The molecular weight excluding hydrogens is 352 g/mol. The van der Waals surface area contributed by atoms with Gasteiger partial charge < -0.3 is 14.2 Å². The van der Waals surface area contributed by atoms with E-state index in [-0.39, 0.29) is 11.8 Å². The smallest absolute Gasteiger partial charge is 0.259 e. The minimum absolute atomic E-state index is 0.0830. The van der Waals surface area contributed by atoms with Crippen LogP contribution in [0.15, 0.2) is 28.8 Å². The highest BCUT2D eigenvalue weighted by Gasteiger charge is 2.30. The van der Waals surface area contributed by atoms with Crippen molar-refractivity contribution < 1.29 is 14.1 Å². The van der Waals surface area contributed by atoms with Gasteiger partial charge in [-0.05, 0) is 25.8 Å². The summed E-state index contributed by atoms with van der Waals surface area (Å²) in [5, 5.41) is 4.62. The lowest BCUT2D eigenvalue weighted by molar-refractivity contribution is 0.0533. The van der Waals surface area contributed by atoms with Gasteiger partial charge in [-0.2, -0.15) is 0 Å². The van der Waals surface area contributed by atoms with Gasteiger partial charge in [0, 0.05) is 24.6 Å². The number of aryl methyl sites for hydroxylation is 1. The van der Waals surface area contributed by atoms with E-state index in [1.807, 2.05) is 23.1 Å². The Morgan fingerprint density at radius 3 is 3.08 bits per heavy atom. The zero-order valence-electron chi connectivity index (χ0n) is 14.7. The molecule has 1 aliphatic rings. The Bertz CT molecular complexity index is 825. The molecule has 6 heteroatoms. The van der Waals surface area contributed by atoms with Crippen LogP contribution >= 0.6 is 11.6 Å². The summed E-state index contributed by atoms with van der Waals surface area (Å²) in [5.41, 5.74) is 1.66. The first-order valence-corrected chi connectivity index (χ1v) is 9.01. The Balaban J connectivity index is 1.81. The third kappa shape index (κ3) is 3.92. The van der Waals surface area contributed by atoms with Crippen LogP contribution in [0.2, 0.25) is 5.02 Å². The average Bonchev–Trinajstić information content (AvgIpc) is 3.03. The number of likely N-dealkylation sites (tertiary alicyclic amines) is 1. The van der Waals surface area contributed by atoms with Gasteiger partial charge in [-0.3, -0.25) is 4.79 Å². The third-order valence-corrected chi connectivity index (χ3v) is 4.88. The van der Waals surface area contributed by atoms with E-state index in [9.17, 15) is 4.79 Å². The number of amides is 1. The first-order chi connectivity index (χ1) is 12.6. The summed E-state index contributed by atoms with van der Waals surface area (Å²) in [5.74, 6) is 3.16. The molecule has 1 atom stereocenters. The Kier molecular flexibility index (Phi) is 5.97. The van der Waals surface area contributed by atoms with Crippen molar-refractivity contribution in [2.45, 2.75) is 19.8 Å². The van der Waals surface area contributed by atoms with Gasteiger partial charge in [-0.1, -0.05) is 40.9 Å². The van der Waals surface area contributed by atoms with Crippen molar-refractivity contribution in [3.05, 3.63) is 40.6 Å². The van der Waals surface area contributed by atoms with Gasteiger partial charge in [-0.25, -0.2) is 0 Å². The predicted molar refractivity (Wildman–Crippen MR) is 100.0 cm³/mol. The fraction of sp³-hybridized carbons (Fsp3) is 0.400. The molecule has 0 spiro atoms. The minimum atomic E-state index is -0.0830. The quantitative estimate of drug-likeness (QED) is 0.591. The highest BCUT2D eigenvalue weighted by molar-refractivity contribution is 6.33. The number of rotatable bonds is 5. The first-order valence-electron chi connectivity index (χ1n) is 8.63. The SMILES string of the molecule is C#CCOCC1CCCN(C(=O)c2c(-c3ccccc3Cl)noc2C)C1. The second-order valence-corrected chi connectivity index (χ2v) is 6.83. The molecule has 1 amide bonds. The molecule has 3 rings (SSSR count). The lowest BCUT2D eigenvalue weighted by atomic mass is 9.97. The van der Waals surface area contributed by atoms with Gasteiger partial charge in [0.15, 0.2) is 0 Å². The second kappa shape index (κ2) is 8.39. The number of nitrogens with zero attached hydrogens (tertiary/aromatic N) is 2. The van der Waals surface area contributed by atoms with Crippen LogP contribution < -0.4 is 0 Å². The molecular formula is C20H21ClN2O3. The Labute approximate surface area is 158 Å². The molecule has 0 aliphatic carbocycles. The number of benzene rings is 1. The van der Waals surface area contributed by atoms with E-state index in [4.69, 9.17) is 27.3 Å². The average molecular weight is 373 g/mol. The summed E-state index contributed by atoms with van der Waals surface area (Å²) in [4.78, 5) is 15.0. The molecule has 0 saturated carbocycles. The van der Waals surface area contributed by atoms with Gasteiger partial charge in [0.25, 0.3) is 5.91 Å². The Hall–Kier alpha value is -2.29. The van der Waals surface area contributed by atoms with E-state index >= 15 is 0 Å². The normalized spacial score (nSPS) is 17.1. The number of carbonyl (C=O) groups excluding carboxylic acids is 1. The molecule has 2 heterocycles. The number of terminal acetylenes is 1. The predicted octanol–water partition coefficient (Wildman–Crippen LogP) is 3.81. The molecule has 26 heavy (non-hydrogen) atoms. The Morgan fingerprint density at radius 2 is 2.31 bits per heavy atom. The number of ether oxygens (including phenoxy) is 1. The van der Waals surface area contributed by atoms with Crippen LogP contribution in [0.1, 0.15) is 29.0 Å². The van der Waals surface area contributed by atoms with Gasteiger partial charge in [-0.15, -0.1) is 6.42 Å². The zero-order valence-corrected chi connectivity index (χ0v) is 15.5. The van der Waals surface area contributed by atoms with E-state index in [2.05, 4.69) is 11.1 Å². The summed E-state index contributed by atoms with van der Waals surface area (Å²) in [6.07, 6.45) is 7.17. The minimum Gasteiger partial charge on any atom is -0.368 e. The number of carbonyl (C=O) groups is 1. The van der Waals surface area contributed by atoms with E-state index in [0.29, 0.717) is 53.9 Å². The molecule has 0 radical (unpaired) electrons. The molecule has 1 aromatic carbocycles. The standard InChI is InChI=1S/C20H21ClN2O3/c1-3-11-25-13-15-7-6-10-23(12-15)20(24)18-14(2)26-22-19(18)16-8-4-5-9-17(16)21/h1,4-5,8-9,15H,6-7,10-13H2,2H3. The van der Waals surface area contributed by atoms with Crippen LogP contribution in [-0.4, -0.2) is 42.3 Å². The third-order valence-electron chi connectivity index (χ3n) is 4.55. The molecule has 1 saturated heterocycles. The molecule has 0 bridgehead atoms. The number of halogens is 1. The van der Waals surface area contributed by atoms with Crippen molar-refractivity contribution in [1.82, 2.24) is 10.1 Å². The van der Waals surface area contributed by atoms with Crippen LogP contribution in [0.4, 0.5) is 0 Å². The van der Waals surface area contributed by atoms with Crippen LogP contribution in [0.3, 0.4) is 0 Å². The summed E-state index contributed by atoms with van der Waals surface area (Å²) >= 11 is 6.29. The molecule has 136 valence electrons. The Morgan fingerprint density at radius 1 is 1.50 bits per heavy atom. The number of aromatic nitrogens is 1. The van der Waals surface area contributed by atoms with Gasteiger partial charge in [0.05, 0.1) is 11.6 Å². The van der Waals surface area contributed by atoms with Crippen molar-refractivity contribution >= 4 is 17.5 Å². The van der Waals surface area contributed by atoms with Crippen LogP contribution in [0.5, 0.6) is 0 Å². The number of hydrogen-bond acceptors (Lipinski definition) is 4. The lowest BCUT2D eigenvalue weighted by Gasteiger charge is -2.32. The van der Waals surface area contributed by atoms with Crippen molar-refractivity contribution in [3.8, 4) is 23.6 Å². The fourth-order valence-electron chi connectivity index (χ4n) is 3.29. The molecule has 1 fully saturated rings. The maximum Gasteiger partial charge on any atom is 0.259 e. The van der Waals surface area contributed by atoms with Crippen molar-refractivity contribution in [1.29, 1.82) is 0 Å². The van der Waals surface area contributed by atoms with Crippen LogP contribution in [0, 0.1) is 25.2 Å².